The van der Waals surface area contributed by atoms with Gasteiger partial charge < -0.3 is 9.84 Å². The number of ketones is 1. The number of aliphatic hydroxyl groups excluding tert-OH is 1. The van der Waals surface area contributed by atoms with Gasteiger partial charge in [-0.3, -0.25) is 14.5 Å². The van der Waals surface area contributed by atoms with Gasteiger partial charge in [-0.05, 0) is 72.3 Å². The molecule has 1 unspecified atom stereocenters. The van der Waals surface area contributed by atoms with E-state index in [0.29, 0.717) is 22.7 Å². The maximum atomic E-state index is 13.2. The molecule has 0 radical (unpaired) electrons. The van der Waals surface area contributed by atoms with E-state index in [1.54, 1.807) is 30.3 Å². The second-order valence-electron chi connectivity index (χ2n) is 8.00. The van der Waals surface area contributed by atoms with Crippen LogP contribution in [-0.4, -0.2) is 31.8 Å². The van der Waals surface area contributed by atoms with Gasteiger partial charge >= 0.3 is 0 Å². The number of benzene rings is 2. The third kappa shape index (κ3) is 3.79. The summed E-state index contributed by atoms with van der Waals surface area (Å²) >= 11 is 1.34. The number of hydrogen-bond acceptors (Lipinski definition) is 7. The molecule has 2 aliphatic heterocycles. The van der Waals surface area contributed by atoms with Crippen LogP contribution in [0.5, 0.6) is 5.75 Å². The number of fused-ring (bicyclic) bond motifs is 1. The first kappa shape index (κ1) is 22.3. The van der Waals surface area contributed by atoms with E-state index < -0.39 is 27.8 Å². The lowest BCUT2D eigenvalue weighted by Crippen LogP contribution is -2.29. The lowest BCUT2D eigenvalue weighted by atomic mass is 9.97. The predicted octanol–water partition coefficient (Wildman–Crippen LogP) is 3.35. The fraction of sp³-hybridized carbons (Fsp3) is 0.167. The zero-order valence-electron chi connectivity index (χ0n) is 17.8. The van der Waals surface area contributed by atoms with Gasteiger partial charge in [0.05, 0.1) is 17.1 Å². The van der Waals surface area contributed by atoms with Gasteiger partial charge in [0, 0.05) is 16.1 Å². The summed E-state index contributed by atoms with van der Waals surface area (Å²) in [4.78, 5) is 28.2. The number of nitrogens with two attached hydrogens (primary N) is 1. The van der Waals surface area contributed by atoms with Crippen LogP contribution in [-0.2, 0) is 26.0 Å². The molecular formula is C24H20N2O6S2. The zero-order valence-corrected chi connectivity index (χ0v) is 19.4. The number of carbonyl (C=O) groups is 2. The average molecular weight is 497 g/mol. The Hall–Kier alpha value is -3.47. The number of primary sulfonamides is 1. The van der Waals surface area contributed by atoms with Gasteiger partial charge in [0.2, 0.25) is 10.0 Å². The van der Waals surface area contributed by atoms with Crippen molar-refractivity contribution < 1.29 is 27.9 Å². The van der Waals surface area contributed by atoms with Crippen molar-refractivity contribution in [3.63, 3.8) is 0 Å². The third-order valence-electron chi connectivity index (χ3n) is 5.88. The third-order valence-corrected chi connectivity index (χ3v) is 7.74. The van der Waals surface area contributed by atoms with Gasteiger partial charge in [0.25, 0.3) is 11.7 Å². The van der Waals surface area contributed by atoms with E-state index in [1.165, 1.54) is 40.5 Å². The van der Waals surface area contributed by atoms with Crippen molar-refractivity contribution >= 4 is 44.5 Å². The molecule has 3 N–H and O–H groups in total. The van der Waals surface area contributed by atoms with Crippen LogP contribution in [0.2, 0.25) is 0 Å². The summed E-state index contributed by atoms with van der Waals surface area (Å²) in [5.74, 6) is -1.16. The van der Waals surface area contributed by atoms with Crippen LogP contribution in [0.3, 0.4) is 0 Å². The Morgan fingerprint density at radius 2 is 1.88 bits per heavy atom. The smallest absolute Gasteiger partial charge is 0.300 e. The molecular weight excluding hydrogens is 476 g/mol. The first-order valence-corrected chi connectivity index (χ1v) is 12.9. The van der Waals surface area contributed by atoms with E-state index in [-0.39, 0.29) is 16.2 Å². The number of amides is 1. The van der Waals surface area contributed by atoms with E-state index in [1.807, 2.05) is 5.38 Å². The van der Waals surface area contributed by atoms with Crippen molar-refractivity contribution in [1.82, 2.24) is 0 Å². The highest BCUT2D eigenvalue weighted by atomic mass is 32.2. The van der Waals surface area contributed by atoms with Gasteiger partial charge in [-0.1, -0.05) is 6.07 Å². The molecule has 8 nitrogen and oxygen atoms in total. The number of sulfonamides is 1. The molecule has 1 amide bonds. The van der Waals surface area contributed by atoms with Crippen molar-refractivity contribution in [3.8, 4) is 5.75 Å². The SMILES string of the molecule is NS(=O)(=O)c1ccc(N2C(=O)C(=O)/C(=C(\O)c3ccc4c(c3)CCCO4)C2c2cccs2)cc1. The fourth-order valence-electron chi connectivity index (χ4n) is 4.27. The quantitative estimate of drug-likeness (QED) is 0.324. The van der Waals surface area contributed by atoms with Crippen LogP contribution in [0.25, 0.3) is 5.76 Å². The number of anilines is 1. The van der Waals surface area contributed by atoms with Crippen molar-refractivity contribution in [3.05, 3.63) is 81.6 Å². The van der Waals surface area contributed by atoms with Crippen molar-refractivity contribution in [1.29, 1.82) is 0 Å². The number of carbonyl (C=O) groups excluding carboxylic acids is 2. The van der Waals surface area contributed by atoms with Crippen LogP contribution in [0.4, 0.5) is 5.69 Å². The van der Waals surface area contributed by atoms with E-state index >= 15 is 0 Å². The first-order chi connectivity index (χ1) is 16.3. The van der Waals surface area contributed by atoms with Crippen molar-refractivity contribution in [2.75, 3.05) is 11.5 Å². The Morgan fingerprint density at radius 1 is 1.12 bits per heavy atom. The molecule has 174 valence electrons. The predicted molar refractivity (Wildman–Crippen MR) is 127 cm³/mol. The van der Waals surface area contributed by atoms with Gasteiger partial charge in [-0.25, -0.2) is 13.6 Å². The molecule has 1 atom stereocenters. The van der Waals surface area contributed by atoms with Crippen LogP contribution in [0, 0.1) is 0 Å². The highest BCUT2D eigenvalue weighted by Crippen LogP contribution is 2.44. The number of hydrogen-bond donors (Lipinski definition) is 2. The molecule has 10 heteroatoms. The summed E-state index contributed by atoms with van der Waals surface area (Å²) in [6, 6.07) is 13.3. The summed E-state index contributed by atoms with van der Waals surface area (Å²) < 4.78 is 28.9. The fourth-order valence-corrected chi connectivity index (χ4v) is 5.61. The largest absolute Gasteiger partial charge is 0.507 e. The van der Waals surface area contributed by atoms with E-state index in [9.17, 15) is 23.1 Å². The number of rotatable bonds is 4. The highest BCUT2D eigenvalue weighted by molar-refractivity contribution is 7.89. The minimum absolute atomic E-state index is 0.0281. The Labute approximate surface area is 199 Å². The number of Topliss-reactive ketones (excluding diaryl/α,β-unsaturated/α-hetero) is 1. The normalized spacial score (nSPS) is 19.7. The summed E-state index contributed by atoms with van der Waals surface area (Å²) in [6.07, 6.45) is 1.64. The molecule has 0 aliphatic carbocycles. The zero-order chi connectivity index (χ0) is 24.0. The topological polar surface area (TPSA) is 127 Å². The van der Waals surface area contributed by atoms with E-state index in [4.69, 9.17) is 9.88 Å². The monoisotopic (exact) mass is 496 g/mol. The second kappa shape index (κ2) is 8.39. The summed E-state index contributed by atoms with van der Waals surface area (Å²) in [7, 11) is -3.92. The summed E-state index contributed by atoms with van der Waals surface area (Å²) in [5, 5.41) is 18.2. The van der Waals surface area contributed by atoms with Gasteiger partial charge in [-0.15, -0.1) is 11.3 Å². The molecule has 5 rings (SSSR count). The van der Waals surface area contributed by atoms with Gasteiger partial charge in [0.15, 0.2) is 0 Å². The van der Waals surface area contributed by atoms with Crippen molar-refractivity contribution in [2.45, 2.75) is 23.8 Å². The van der Waals surface area contributed by atoms with E-state index in [2.05, 4.69) is 0 Å². The maximum absolute atomic E-state index is 13.2. The minimum Gasteiger partial charge on any atom is -0.507 e. The van der Waals surface area contributed by atoms with E-state index in [0.717, 1.165) is 24.2 Å². The van der Waals surface area contributed by atoms with Crippen LogP contribution < -0.4 is 14.8 Å². The molecule has 1 aromatic heterocycles. The Bertz CT molecular complexity index is 1430. The molecule has 2 aliphatic rings. The summed E-state index contributed by atoms with van der Waals surface area (Å²) in [5.41, 5.74) is 1.63. The minimum atomic E-state index is -3.92. The first-order valence-electron chi connectivity index (χ1n) is 10.5. The Balaban J connectivity index is 1.64. The van der Waals surface area contributed by atoms with Crippen molar-refractivity contribution in [2.24, 2.45) is 5.14 Å². The van der Waals surface area contributed by atoms with Gasteiger partial charge in [0.1, 0.15) is 17.6 Å². The number of ether oxygens (including phenoxy) is 1. The lowest BCUT2D eigenvalue weighted by Gasteiger charge is -2.24. The molecule has 0 bridgehead atoms. The molecule has 2 aromatic carbocycles. The number of aryl methyl sites for hydroxylation is 1. The molecule has 0 saturated carbocycles. The van der Waals surface area contributed by atoms with Crippen LogP contribution >= 0.6 is 11.3 Å². The highest BCUT2D eigenvalue weighted by Gasteiger charge is 2.47. The molecule has 3 heterocycles. The molecule has 1 fully saturated rings. The summed E-state index contributed by atoms with van der Waals surface area (Å²) in [6.45, 7) is 0.631. The molecule has 3 aromatic rings. The average Bonchev–Trinajstić information content (AvgIpc) is 3.45. The Kier molecular flexibility index (Phi) is 5.51. The Morgan fingerprint density at radius 3 is 2.56 bits per heavy atom. The van der Waals surface area contributed by atoms with Crippen LogP contribution in [0.15, 0.2) is 70.4 Å². The number of thiophene rings is 1. The lowest BCUT2D eigenvalue weighted by molar-refractivity contribution is -0.132. The van der Waals surface area contributed by atoms with Gasteiger partial charge in [-0.2, -0.15) is 0 Å². The number of aliphatic hydroxyl groups is 1. The molecule has 34 heavy (non-hydrogen) atoms. The molecule has 0 spiro atoms. The number of nitrogens with zero attached hydrogens (tertiary/aromatic N) is 1. The maximum Gasteiger partial charge on any atom is 0.300 e. The standard InChI is InChI=1S/C24H20N2O6S2/c25-34(30,31)17-8-6-16(7-9-17)26-21(19-4-2-12-33-19)20(23(28)24(26)29)22(27)15-5-10-18-14(13-15)3-1-11-32-18/h2,4-10,12-13,21,27H,1,3,11H2,(H2,25,30,31)/b22-20-. The van der Waals surface area contributed by atoms with Crippen LogP contribution in [0.1, 0.15) is 28.5 Å². The molecule has 1 saturated heterocycles. The second-order valence-corrected chi connectivity index (χ2v) is 10.5.